The lowest BCUT2D eigenvalue weighted by molar-refractivity contribution is -0.122. The predicted octanol–water partition coefficient (Wildman–Crippen LogP) is 1.03. The van der Waals surface area contributed by atoms with E-state index in [4.69, 9.17) is 4.74 Å². The van der Waals surface area contributed by atoms with E-state index in [0.29, 0.717) is 24.4 Å². The Labute approximate surface area is 144 Å². The maximum Gasteiger partial charge on any atom is 0.266 e. The van der Waals surface area contributed by atoms with Crippen LogP contribution in [0, 0.1) is 5.92 Å². The van der Waals surface area contributed by atoms with Gasteiger partial charge in [-0.25, -0.2) is 4.68 Å². The normalized spacial score (nSPS) is 13.3. The number of rotatable bonds is 8. The summed E-state index contributed by atoms with van der Waals surface area (Å²) in [5.74, 6) is 0.624. The van der Waals surface area contributed by atoms with Gasteiger partial charge in [-0.3, -0.25) is 14.4 Å². The van der Waals surface area contributed by atoms with Crippen LogP contribution < -0.4 is 15.6 Å². The first-order valence-electron chi connectivity index (χ1n) is 8.19. The topological polar surface area (TPSA) is 90.3 Å². The highest BCUT2D eigenvalue weighted by Gasteiger charge is 2.29. The van der Waals surface area contributed by atoms with E-state index >= 15 is 0 Å². The fourth-order valence-electron chi connectivity index (χ4n) is 2.31. The van der Waals surface area contributed by atoms with E-state index in [9.17, 15) is 14.4 Å². The number of hydrogen-bond acceptors (Lipinski definition) is 5. The third-order valence-corrected chi connectivity index (χ3v) is 3.92. The second kappa shape index (κ2) is 7.74. The van der Waals surface area contributed by atoms with Crippen LogP contribution in [0.1, 0.15) is 23.2 Å². The zero-order valence-corrected chi connectivity index (χ0v) is 13.7. The number of carbonyl (C=O) groups is 2. The number of hydrogen-bond donors (Lipinski definition) is 1. The minimum absolute atomic E-state index is 0.0784. The molecule has 0 unspecified atom stereocenters. The Hall–Kier alpha value is -2.96. The molecule has 1 N–H and O–H groups in total. The van der Waals surface area contributed by atoms with Crippen molar-refractivity contribution in [3.63, 3.8) is 0 Å². The summed E-state index contributed by atoms with van der Waals surface area (Å²) < 4.78 is 6.71. The summed E-state index contributed by atoms with van der Waals surface area (Å²) in [4.78, 5) is 35.2. The molecule has 1 saturated carbocycles. The summed E-state index contributed by atoms with van der Waals surface area (Å²) in [7, 11) is 0. The maximum absolute atomic E-state index is 12.1. The molecule has 25 heavy (non-hydrogen) atoms. The van der Waals surface area contributed by atoms with Crippen molar-refractivity contribution in [3.8, 4) is 5.75 Å². The molecule has 7 heteroatoms. The minimum Gasteiger partial charge on any atom is -0.486 e. The summed E-state index contributed by atoms with van der Waals surface area (Å²) in [6.45, 7) is 0.675. The molecular weight excluding hydrogens is 322 g/mol. The molecule has 0 radical (unpaired) electrons. The highest BCUT2D eigenvalue weighted by atomic mass is 16.5. The molecule has 0 saturated heterocycles. The summed E-state index contributed by atoms with van der Waals surface area (Å²) in [5.41, 5.74) is 0.272. The monoisotopic (exact) mass is 341 g/mol. The molecule has 0 spiro atoms. The van der Waals surface area contributed by atoms with Gasteiger partial charge in [0, 0.05) is 30.3 Å². The van der Waals surface area contributed by atoms with Crippen LogP contribution in [0.4, 0.5) is 0 Å². The van der Waals surface area contributed by atoms with Crippen LogP contribution >= 0.6 is 0 Å². The minimum atomic E-state index is -0.246. The van der Waals surface area contributed by atoms with Gasteiger partial charge in [-0.05, 0) is 43.2 Å². The van der Waals surface area contributed by atoms with Crippen molar-refractivity contribution in [3.05, 3.63) is 58.5 Å². The van der Waals surface area contributed by atoms with E-state index in [1.54, 1.807) is 30.3 Å². The van der Waals surface area contributed by atoms with Crippen LogP contribution in [-0.2, 0) is 11.3 Å². The maximum atomic E-state index is 12.1. The van der Waals surface area contributed by atoms with Gasteiger partial charge in [0.05, 0.1) is 6.54 Å². The molecule has 130 valence electrons. The lowest BCUT2D eigenvalue weighted by atomic mass is 10.2. The number of aromatic nitrogens is 2. The van der Waals surface area contributed by atoms with Crippen molar-refractivity contribution >= 4 is 11.7 Å². The molecule has 3 rings (SSSR count). The molecule has 0 aliphatic heterocycles. The fourth-order valence-corrected chi connectivity index (χ4v) is 2.31. The van der Waals surface area contributed by atoms with Crippen LogP contribution in [0.3, 0.4) is 0 Å². The first-order chi connectivity index (χ1) is 12.1. The quantitative estimate of drug-likeness (QED) is 0.774. The van der Waals surface area contributed by atoms with Crippen molar-refractivity contribution < 1.29 is 14.3 Å². The lowest BCUT2D eigenvalue weighted by Gasteiger charge is -2.08. The standard InChI is InChI=1S/C18H19N3O4/c22-16(13-3-4-13)12-25-15-7-5-14(6-8-15)18(24)19-10-11-21-17(23)2-1-9-20-21/h1-2,5-9,13H,3-4,10-12H2,(H,19,24). The summed E-state index contributed by atoms with van der Waals surface area (Å²) in [6, 6.07) is 9.59. The van der Waals surface area contributed by atoms with Crippen molar-refractivity contribution in [1.82, 2.24) is 15.1 Å². The Morgan fingerprint density at radius 3 is 2.64 bits per heavy atom. The average Bonchev–Trinajstić information content (AvgIpc) is 3.47. The van der Waals surface area contributed by atoms with E-state index < -0.39 is 0 Å². The Morgan fingerprint density at radius 1 is 1.20 bits per heavy atom. The number of carbonyl (C=O) groups excluding carboxylic acids is 2. The van der Waals surface area contributed by atoms with Crippen molar-refractivity contribution in [2.45, 2.75) is 19.4 Å². The fraction of sp³-hybridized carbons (Fsp3) is 0.333. The van der Waals surface area contributed by atoms with Gasteiger partial charge in [0.25, 0.3) is 11.5 Å². The molecule has 1 aromatic carbocycles. The van der Waals surface area contributed by atoms with Gasteiger partial charge in [-0.15, -0.1) is 0 Å². The third-order valence-electron chi connectivity index (χ3n) is 3.92. The number of Topliss-reactive ketones (excluding diaryl/α,β-unsaturated/α-hetero) is 1. The molecule has 1 aliphatic rings. The third kappa shape index (κ3) is 4.76. The molecule has 2 aromatic rings. The number of ketones is 1. The Bertz CT molecular complexity index is 810. The molecule has 0 bridgehead atoms. The Morgan fingerprint density at radius 2 is 1.96 bits per heavy atom. The van der Waals surface area contributed by atoms with Crippen LogP contribution in [0.15, 0.2) is 47.4 Å². The lowest BCUT2D eigenvalue weighted by Crippen LogP contribution is -2.31. The molecule has 1 aromatic heterocycles. The van der Waals surface area contributed by atoms with Gasteiger partial charge in [-0.1, -0.05) is 0 Å². The number of benzene rings is 1. The second-order valence-electron chi connectivity index (χ2n) is 5.89. The smallest absolute Gasteiger partial charge is 0.266 e. The molecular formula is C18H19N3O4. The number of ether oxygens (including phenoxy) is 1. The van der Waals surface area contributed by atoms with Crippen molar-refractivity contribution in [1.29, 1.82) is 0 Å². The summed E-state index contributed by atoms with van der Waals surface area (Å²) >= 11 is 0. The van der Waals surface area contributed by atoms with E-state index in [-0.39, 0.29) is 29.8 Å². The highest BCUT2D eigenvalue weighted by molar-refractivity contribution is 5.94. The van der Waals surface area contributed by atoms with Crippen LogP contribution in [0.2, 0.25) is 0 Å². The van der Waals surface area contributed by atoms with E-state index in [1.807, 2.05) is 0 Å². The molecule has 1 fully saturated rings. The highest BCUT2D eigenvalue weighted by Crippen LogP contribution is 2.29. The summed E-state index contributed by atoms with van der Waals surface area (Å²) in [6.07, 6.45) is 3.45. The van der Waals surface area contributed by atoms with Crippen LogP contribution in [0.5, 0.6) is 5.75 Å². The first kappa shape index (κ1) is 16.9. The molecule has 0 atom stereocenters. The van der Waals surface area contributed by atoms with Gasteiger partial charge in [0.1, 0.15) is 12.4 Å². The molecule has 1 aliphatic carbocycles. The number of nitrogens with zero attached hydrogens (tertiary/aromatic N) is 2. The predicted molar refractivity (Wildman–Crippen MR) is 90.5 cm³/mol. The van der Waals surface area contributed by atoms with Crippen LogP contribution in [0.25, 0.3) is 0 Å². The van der Waals surface area contributed by atoms with Gasteiger partial charge in [0.15, 0.2) is 5.78 Å². The molecule has 7 nitrogen and oxygen atoms in total. The largest absolute Gasteiger partial charge is 0.486 e. The van der Waals surface area contributed by atoms with Crippen molar-refractivity contribution in [2.24, 2.45) is 5.92 Å². The van der Waals surface area contributed by atoms with Gasteiger partial charge in [-0.2, -0.15) is 5.10 Å². The van der Waals surface area contributed by atoms with E-state index in [2.05, 4.69) is 10.4 Å². The van der Waals surface area contributed by atoms with E-state index in [1.165, 1.54) is 16.9 Å². The molecule has 1 heterocycles. The van der Waals surface area contributed by atoms with Gasteiger partial charge >= 0.3 is 0 Å². The Balaban J connectivity index is 1.46. The molecule has 1 amide bonds. The van der Waals surface area contributed by atoms with Crippen LogP contribution in [-0.4, -0.2) is 34.6 Å². The second-order valence-corrected chi connectivity index (χ2v) is 5.89. The average molecular weight is 341 g/mol. The summed E-state index contributed by atoms with van der Waals surface area (Å²) in [5, 5.41) is 6.65. The van der Waals surface area contributed by atoms with Gasteiger partial charge in [0.2, 0.25) is 0 Å². The zero-order chi connectivity index (χ0) is 17.6. The SMILES string of the molecule is O=C(NCCn1ncccc1=O)c1ccc(OCC(=O)C2CC2)cc1. The van der Waals surface area contributed by atoms with E-state index in [0.717, 1.165) is 12.8 Å². The number of amides is 1. The Kier molecular flexibility index (Phi) is 5.23. The van der Waals surface area contributed by atoms with Crippen molar-refractivity contribution in [2.75, 3.05) is 13.2 Å². The number of nitrogens with one attached hydrogen (secondary N) is 1. The van der Waals surface area contributed by atoms with Gasteiger partial charge < -0.3 is 10.1 Å². The zero-order valence-electron chi connectivity index (χ0n) is 13.7. The first-order valence-corrected chi connectivity index (χ1v) is 8.19.